The molecule has 0 spiro atoms. The van der Waals surface area contributed by atoms with Crippen molar-refractivity contribution in [1.82, 2.24) is 5.32 Å². The molecule has 1 amide bonds. The number of rotatable bonds is 60. The number of hydrogen-bond acceptors (Lipinski definition) is 8. The van der Waals surface area contributed by atoms with E-state index in [0.29, 0.717) is 6.42 Å². The molecule has 1 aliphatic heterocycles. The number of ether oxygens (including phenoxy) is 2. The van der Waals surface area contributed by atoms with Crippen LogP contribution in [0.15, 0.2) is 12.2 Å². The van der Waals surface area contributed by atoms with E-state index in [-0.39, 0.29) is 12.5 Å². The maximum absolute atomic E-state index is 13.1. The highest BCUT2D eigenvalue weighted by Gasteiger charge is 2.44. The number of aliphatic hydroxyl groups excluding tert-OH is 5. The second-order valence-electron chi connectivity index (χ2n) is 24.0. The number of allylic oxidation sites excluding steroid dienone is 1. The topological polar surface area (TPSA) is 149 Å². The van der Waals surface area contributed by atoms with Crippen LogP contribution in [-0.4, -0.2) is 87.5 Å². The third kappa shape index (κ3) is 45.6. The molecule has 0 aromatic carbocycles. The van der Waals surface area contributed by atoms with Crippen molar-refractivity contribution in [3.63, 3.8) is 0 Å². The van der Waals surface area contributed by atoms with Gasteiger partial charge in [-0.2, -0.15) is 0 Å². The molecule has 1 rings (SSSR count). The summed E-state index contributed by atoms with van der Waals surface area (Å²) in [6.07, 6.45) is 66.0. The number of nitrogens with one attached hydrogen (secondary N) is 1. The molecule has 1 fully saturated rings. The molecule has 0 aliphatic carbocycles. The zero-order valence-electron chi connectivity index (χ0n) is 50.5. The number of unbranched alkanes of at least 4 members (excludes halogenated alkanes) is 50. The van der Waals surface area contributed by atoms with Crippen LogP contribution in [-0.2, 0) is 14.3 Å². The number of carbonyl (C=O) groups is 1. The van der Waals surface area contributed by atoms with Gasteiger partial charge in [0.1, 0.15) is 24.4 Å². The highest BCUT2D eigenvalue weighted by Crippen LogP contribution is 2.23. The van der Waals surface area contributed by atoms with E-state index in [2.05, 4.69) is 19.2 Å². The molecule has 7 atom stereocenters. The molecule has 6 N–H and O–H groups in total. The van der Waals surface area contributed by atoms with Crippen LogP contribution in [0.3, 0.4) is 0 Å². The summed E-state index contributed by atoms with van der Waals surface area (Å²) in [6, 6.07) is -0.801. The van der Waals surface area contributed by atoms with Crippen LogP contribution in [0.5, 0.6) is 0 Å². The zero-order chi connectivity index (χ0) is 55.0. The van der Waals surface area contributed by atoms with Crippen LogP contribution in [0.2, 0.25) is 0 Å². The van der Waals surface area contributed by atoms with Gasteiger partial charge in [-0.1, -0.05) is 341 Å². The third-order valence-electron chi connectivity index (χ3n) is 16.6. The van der Waals surface area contributed by atoms with Gasteiger partial charge in [-0.3, -0.25) is 4.79 Å². The van der Waals surface area contributed by atoms with Gasteiger partial charge in [0.2, 0.25) is 5.91 Å². The van der Waals surface area contributed by atoms with Crippen molar-refractivity contribution < 1.29 is 39.8 Å². The fourth-order valence-corrected chi connectivity index (χ4v) is 11.3. The van der Waals surface area contributed by atoms with Gasteiger partial charge in [-0.05, 0) is 19.3 Å². The Bertz CT molecular complexity index is 1200. The van der Waals surface area contributed by atoms with Crippen LogP contribution in [0.4, 0.5) is 0 Å². The van der Waals surface area contributed by atoms with Crippen LogP contribution in [0, 0.1) is 0 Å². The Balaban J connectivity index is 2.10. The van der Waals surface area contributed by atoms with Gasteiger partial charge >= 0.3 is 0 Å². The predicted molar refractivity (Wildman–Crippen MR) is 323 cm³/mol. The van der Waals surface area contributed by atoms with Gasteiger partial charge in [0.05, 0.1) is 25.4 Å². The SMILES string of the molecule is CCCCCCCCCCCCCCCCCCCC/C=C/C(O)C(COC1OC(CO)C(O)C(O)C1O)NC(=O)CCCCCCCCCCCCCCCCCCCCCCCCCCCCCCCCCCC. The van der Waals surface area contributed by atoms with Gasteiger partial charge < -0.3 is 40.3 Å². The number of aliphatic hydroxyl groups is 5. The van der Waals surface area contributed by atoms with E-state index in [1.54, 1.807) is 6.08 Å². The highest BCUT2D eigenvalue weighted by atomic mass is 16.7. The minimum atomic E-state index is -1.56. The van der Waals surface area contributed by atoms with Crippen LogP contribution >= 0.6 is 0 Å². The Morgan fingerprint density at radius 1 is 0.434 bits per heavy atom. The Labute approximate surface area is 471 Å². The molecule has 0 aromatic rings. The van der Waals surface area contributed by atoms with Gasteiger partial charge in [-0.15, -0.1) is 0 Å². The summed E-state index contributed by atoms with van der Waals surface area (Å²) in [4.78, 5) is 13.1. The van der Waals surface area contributed by atoms with Crippen molar-refractivity contribution in [2.45, 2.75) is 397 Å². The summed E-state index contributed by atoms with van der Waals surface area (Å²) in [5.41, 5.74) is 0. The van der Waals surface area contributed by atoms with Crippen molar-refractivity contribution >= 4 is 5.91 Å². The molecule has 9 nitrogen and oxygen atoms in total. The average Bonchev–Trinajstić information content (AvgIpc) is 3.42. The maximum atomic E-state index is 13.1. The van der Waals surface area contributed by atoms with Crippen LogP contribution in [0.1, 0.15) is 354 Å². The molecule has 76 heavy (non-hydrogen) atoms. The summed E-state index contributed by atoms with van der Waals surface area (Å²) < 4.78 is 11.3. The number of amides is 1. The van der Waals surface area contributed by atoms with E-state index < -0.39 is 49.5 Å². The predicted octanol–water partition coefficient (Wildman–Crippen LogP) is 17.9. The lowest BCUT2D eigenvalue weighted by molar-refractivity contribution is -0.302. The Hall–Kier alpha value is -1.07. The monoisotopic (exact) mass is 1080 g/mol. The molecule has 1 aliphatic rings. The molecule has 1 heterocycles. The maximum Gasteiger partial charge on any atom is 0.220 e. The lowest BCUT2D eigenvalue weighted by Gasteiger charge is -2.40. The van der Waals surface area contributed by atoms with E-state index in [4.69, 9.17) is 9.47 Å². The van der Waals surface area contributed by atoms with Gasteiger partial charge in [-0.25, -0.2) is 0 Å². The first-order valence-electron chi connectivity index (χ1n) is 33.9. The van der Waals surface area contributed by atoms with E-state index in [0.717, 1.165) is 38.5 Å². The van der Waals surface area contributed by atoms with E-state index in [9.17, 15) is 30.3 Å². The summed E-state index contributed by atoms with van der Waals surface area (Å²) in [5, 5.41) is 54.7. The van der Waals surface area contributed by atoms with Crippen LogP contribution in [0.25, 0.3) is 0 Å². The fourth-order valence-electron chi connectivity index (χ4n) is 11.3. The first-order chi connectivity index (χ1) is 37.3. The molecule has 0 aromatic heterocycles. The summed E-state index contributed by atoms with van der Waals surface area (Å²) in [7, 11) is 0. The normalized spacial score (nSPS) is 18.8. The molecular weight excluding hydrogens is 947 g/mol. The van der Waals surface area contributed by atoms with Gasteiger partial charge in [0.25, 0.3) is 0 Å². The molecule has 9 heteroatoms. The Kier molecular flexibility index (Phi) is 54.9. The molecule has 0 saturated carbocycles. The van der Waals surface area contributed by atoms with E-state index in [1.807, 2.05) is 6.08 Å². The summed E-state index contributed by atoms with van der Waals surface area (Å²) in [5.74, 6) is -0.168. The molecule has 7 unspecified atom stereocenters. The first kappa shape index (κ1) is 72.9. The molecule has 0 radical (unpaired) electrons. The smallest absolute Gasteiger partial charge is 0.220 e. The third-order valence-corrected chi connectivity index (χ3v) is 16.6. The second kappa shape index (κ2) is 57.2. The standard InChI is InChI=1S/C67H131NO8/c1-3-5-7-9-11-13-15-17-19-21-23-25-26-27-28-29-30-31-32-33-34-35-36-37-39-41-43-45-47-49-51-53-55-57-63(71)68-60(59-75-67-66(74)65(73)64(72)62(58-69)76-67)61(70)56-54-52-50-48-46-44-42-40-38-24-22-20-18-16-14-12-10-8-6-4-2/h54,56,60-62,64-67,69-70,72-74H,3-53,55,57-59H2,1-2H3,(H,68,71)/b56-54+. The first-order valence-corrected chi connectivity index (χ1v) is 33.9. The molecule has 0 bridgehead atoms. The van der Waals surface area contributed by atoms with Crippen molar-refractivity contribution in [2.75, 3.05) is 13.2 Å². The molecular formula is C67H131NO8. The van der Waals surface area contributed by atoms with E-state index in [1.165, 1.54) is 295 Å². The zero-order valence-corrected chi connectivity index (χ0v) is 50.5. The minimum absolute atomic E-state index is 0.168. The Morgan fingerprint density at radius 3 is 1.03 bits per heavy atom. The molecule has 1 saturated heterocycles. The fraction of sp³-hybridized carbons (Fsp3) is 0.955. The molecule has 452 valence electrons. The highest BCUT2D eigenvalue weighted by molar-refractivity contribution is 5.76. The van der Waals surface area contributed by atoms with E-state index >= 15 is 0 Å². The lowest BCUT2D eigenvalue weighted by atomic mass is 9.99. The number of hydrogen-bond donors (Lipinski definition) is 6. The Morgan fingerprint density at radius 2 is 0.724 bits per heavy atom. The summed E-state index contributed by atoms with van der Waals surface area (Å²) in [6.45, 7) is 3.84. The second-order valence-corrected chi connectivity index (χ2v) is 24.0. The number of carbonyl (C=O) groups excluding carboxylic acids is 1. The van der Waals surface area contributed by atoms with Crippen LogP contribution < -0.4 is 5.32 Å². The summed E-state index contributed by atoms with van der Waals surface area (Å²) >= 11 is 0. The van der Waals surface area contributed by atoms with Crippen molar-refractivity contribution in [1.29, 1.82) is 0 Å². The van der Waals surface area contributed by atoms with Gasteiger partial charge in [0.15, 0.2) is 6.29 Å². The van der Waals surface area contributed by atoms with Crippen molar-refractivity contribution in [3.05, 3.63) is 12.2 Å². The minimum Gasteiger partial charge on any atom is -0.394 e. The average molecular weight is 1080 g/mol. The quantitative estimate of drug-likeness (QED) is 0.0261. The van der Waals surface area contributed by atoms with Crippen molar-refractivity contribution in [3.8, 4) is 0 Å². The van der Waals surface area contributed by atoms with Gasteiger partial charge in [0, 0.05) is 6.42 Å². The lowest BCUT2D eigenvalue weighted by Crippen LogP contribution is -2.60. The van der Waals surface area contributed by atoms with Crippen molar-refractivity contribution in [2.24, 2.45) is 0 Å². The largest absolute Gasteiger partial charge is 0.394 e.